The zero-order valence-corrected chi connectivity index (χ0v) is 14.4. The summed E-state index contributed by atoms with van der Waals surface area (Å²) < 4.78 is 17.2. The molecule has 4 nitrogen and oxygen atoms in total. The smallest absolute Gasteiger partial charge is 0.188 e. The highest BCUT2D eigenvalue weighted by Crippen LogP contribution is 2.44. The Morgan fingerprint density at radius 2 is 1.95 bits per heavy atom. The lowest BCUT2D eigenvalue weighted by atomic mass is 9.87. The quantitative estimate of drug-likeness (QED) is 0.819. The van der Waals surface area contributed by atoms with E-state index >= 15 is 0 Å². The Morgan fingerprint density at radius 3 is 2.59 bits per heavy atom. The fourth-order valence-corrected chi connectivity index (χ4v) is 3.13. The summed E-state index contributed by atoms with van der Waals surface area (Å²) in [6, 6.07) is 0. The topological polar surface area (TPSA) is 47.9 Å². The lowest BCUT2D eigenvalue weighted by Crippen LogP contribution is -2.33. The molecule has 0 spiro atoms. The molecule has 1 N–H and O–H groups in total. The van der Waals surface area contributed by atoms with Crippen LogP contribution in [0.4, 0.5) is 0 Å². The van der Waals surface area contributed by atoms with E-state index < -0.39 is 0 Å². The van der Waals surface area contributed by atoms with Gasteiger partial charge < -0.3 is 19.3 Å². The van der Waals surface area contributed by atoms with Gasteiger partial charge in [0.1, 0.15) is 17.1 Å². The maximum atomic E-state index is 9.18. The second kappa shape index (κ2) is 6.88. The van der Waals surface area contributed by atoms with Crippen LogP contribution < -0.4 is 9.47 Å². The number of hydrogen-bond donors (Lipinski definition) is 1. The van der Waals surface area contributed by atoms with E-state index in [2.05, 4.69) is 27.7 Å². The van der Waals surface area contributed by atoms with E-state index in [1.165, 1.54) is 5.56 Å². The van der Waals surface area contributed by atoms with Crippen LogP contribution in [0.5, 0.6) is 11.5 Å². The minimum atomic E-state index is -0.132. The molecule has 0 radical (unpaired) electrons. The van der Waals surface area contributed by atoms with Crippen molar-refractivity contribution >= 4 is 0 Å². The number of aliphatic hydroxyl groups is 1. The van der Waals surface area contributed by atoms with Crippen LogP contribution in [0.1, 0.15) is 48.9 Å². The van der Waals surface area contributed by atoms with Gasteiger partial charge in [-0.15, -0.1) is 0 Å². The van der Waals surface area contributed by atoms with Gasteiger partial charge in [0.15, 0.2) is 6.79 Å². The second-order valence-corrected chi connectivity index (χ2v) is 6.61. The predicted molar refractivity (Wildman–Crippen MR) is 86.9 cm³/mol. The summed E-state index contributed by atoms with van der Waals surface area (Å²) >= 11 is 0. The average Bonchev–Trinajstić information content (AvgIpc) is 2.47. The summed E-state index contributed by atoms with van der Waals surface area (Å²) in [5, 5.41) is 9.18. The highest BCUT2D eigenvalue weighted by molar-refractivity contribution is 5.59. The summed E-state index contributed by atoms with van der Waals surface area (Å²) in [7, 11) is 1.62. The maximum Gasteiger partial charge on any atom is 0.188 e. The molecule has 1 aromatic rings. The molecule has 2 rings (SSSR count). The minimum Gasteiger partial charge on any atom is -0.487 e. The molecule has 1 aliphatic heterocycles. The number of aliphatic hydroxyl groups excluding tert-OH is 1. The predicted octanol–water partition coefficient (Wildman–Crippen LogP) is 3.31. The van der Waals surface area contributed by atoms with E-state index in [-0.39, 0.29) is 19.0 Å². The molecule has 0 unspecified atom stereocenters. The summed E-state index contributed by atoms with van der Waals surface area (Å²) in [6.07, 6.45) is 3.49. The third kappa shape index (κ3) is 3.39. The molecule has 0 atom stereocenters. The first kappa shape index (κ1) is 17.1. The number of ether oxygens (including phenoxy) is 3. The van der Waals surface area contributed by atoms with Gasteiger partial charge in [-0.25, -0.2) is 0 Å². The summed E-state index contributed by atoms with van der Waals surface area (Å²) in [5.74, 6) is 1.90. The van der Waals surface area contributed by atoms with Gasteiger partial charge in [-0.05, 0) is 64.5 Å². The zero-order valence-electron chi connectivity index (χ0n) is 14.4. The lowest BCUT2D eigenvalue weighted by molar-refractivity contribution is 0.0487. The SMILES string of the molecule is COCOc1c(C)c2c(c(C)c1CCCO)OC(C)(C)CC2. The molecule has 0 saturated heterocycles. The summed E-state index contributed by atoms with van der Waals surface area (Å²) in [6.45, 7) is 8.85. The first-order valence-electron chi connectivity index (χ1n) is 7.97. The van der Waals surface area contributed by atoms with Crippen molar-refractivity contribution in [3.63, 3.8) is 0 Å². The van der Waals surface area contributed by atoms with Crippen molar-refractivity contribution in [1.82, 2.24) is 0 Å². The highest BCUT2D eigenvalue weighted by atomic mass is 16.7. The number of methoxy groups -OCH3 is 1. The van der Waals surface area contributed by atoms with Crippen molar-refractivity contribution in [1.29, 1.82) is 0 Å². The first-order valence-corrected chi connectivity index (χ1v) is 7.97. The van der Waals surface area contributed by atoms with Gasteiger partial charge in [0.05, 0.1) is 0 Å². The normalized spacial score (nSPS) is 16.1. The van der Waals surface area contributed by atoms with E-state index in [9.17, 15) is 5.11 Å². The third-order valence-electron chi connectivity index (χ3n) is 4.40. The Bertz CT molecular complexity index is 535. The number of hydrogen-bond acceptors (Lipinski definition) is 4. The molecular formula is C18H28O4. The molecule has 0 amide bonds. The molecule has 1 aromatic carbocycles. The molecule has 0 saturated carbocycles. The average molecular weight is 308 g/mol. The summed E-state index contributed by atoms with van der Waals surface area (Å²) in [4.78, 5) is 0. The van der Waals surface area contributed by atoms with Crippen LogP contribution >= 0.6 is 0 Å². The Balaban J connectivity index is 2.52. The largest absolute Gasteiger partial charge is 0.487 e. The molecule has 1 heterocycles. The molecule has 0 bridgehead atoms. The van der Waals surface area contributed by atoms with Crippen LogP contribution in [0.2, 0.25) is 0 Å². The van der Waals surface area contributed by atoms with Crippen LogP contribution in [0, 0.1) is 13.8 Å². The van der Waals surface area contributed by atoms with Crippen molar-refractivity contribution in [3.8, 4) is 11.5 Å². The second-order valence-electron chi connectivity index (χ2n) is 6.61. The van der Waals surface area contributed by atoms with Gasteiger partial charge in [0.2, 0.25) is 0 Å². The van der Waals surface area contributed by atoms with Gasteiger partial charge in [-0.3, -0.25) is 0 Å². The molecule has 0 aliphatic carbocycles. The first-order chi connectivity index (χ1) is 10.4. The van der Waals surface area contributed by atoms with E-state index in [0.717, 1.165) is 47.5 Å². The standard InChI is InChI=1S/C18H28O4/c1-12-15-8-9-18(3,4)22-17(15)13(2)14(7-6-10-19)16(12)21-11-20-5/h19H,6-11H2,1-5H3. The molecule has 0 aromatic heterocycles. The number of rotatable bonds is 6. The number of benzene rings is 1. The monoisotopic (exact) mass is 308 g/mol. The maximum absolute atomic E-state index is 9.18. The summed E-state index contributed by atoms with van der Waals surface area (Å²) in [5.41, 5.74) is 4.51. The van der Waals surface area contributed by atoms with Crippen LogP contribution in [0.3, 0.4) is 0 Å². The Hall–Kier alpha value is -1.26. The van der Waals surface area contributed by atoms with Crippen molar-refractivity contribution < 1.29 is 19.3 Å². The van der Waals surface area contributed by atoms with E-state index in [0.29, 0.717) is 6.42 Å². The Morgan fingerprint density at radius 1 is 1.23 bits per heavy atom. The van der Waals surface area contributed by atoms with Crippen LogP contribution in [-0.2, 0) is 17.6 Å². The highest BCUT2D eigenvalue weighted by Gasteiger charge is 2.31. The molecule has 1 aliphatic rings. The zero-order chi connectivity index (χ0) is 16.3. The minimum absolute atomic E-state index is 0.132. The van der Waals surface area contributed by atoms with Crippen molar-refractivity contribution in [3.05, 3.63) is 22.3 Å². The van der Waals surface area contributed by atoms with Crippen molar-refractivity contribution in [2.75, 3.05) is 20.5 Å². The fraction of sp³-hybridized carbons (Fsp3) is 0.667. The number of fused-ring (bicyclic) bond motifs is 1. The van der Waals surface area contributed by atoms with Crippen molar-refractivity contribution in [2.45, 2.75) is 59.0 Å². The van der Waals surface area contributed by atoms with Gasteiger partial charge in [-0.2, -0.15) is 0 Å². The Kier molecular flexibility index (Phi) is 5.35. The van der Waals surface area contributed by atoms with E-state index in [1.54, 1.807) is 7.11 Å². The molecule has 22 heavy (non-hydrogen) atoms. The van der Waals surface area contributed by atoms with Gasteiger partial charge in [0.25, 0.3) is 0 Å². The molecule has 4 heteroatoms. The fourth-order valence-electron chi connectivity index (χ4n) is 3.13. The van der Waals surface area contributed by atoms with E-state index in [1.807, 2.05) is 0 Å². The Labute approximate surface area is 133 Å². The van der Waals surface area contributed by atoms with Gasteiger partial charge in [-0.1, -0.05) is 0 Å². The van der Waals surface area contributed by atoms with Gasteiger partial charge in [0, 0.05) is 24.8 Å². The van der Waals surface area contributed by atoms with Crippen LogP contribution in [0.25, 0.3) is 0 Å². The van der Waals surface area contributed by atoms with Crippen LogP contribution in [0.15, 0.2) is 0 Å². The van der Waals surface area contributed by atoms with E-state index in [4.69, 9.17) is 14.2 Å². The van der Waals surface area contributed by atoms with Crippen molar-refractivity contribution in [2.24, 2.45) is 0 Å². The lowest BCUT2D eigenvalue weighted by Gasteiger charge is -2.36. The van der Waals surface area contributed by atoms with Crippen LogP contribution in [-0.4, -0.2) is 31.2 Å². The third-order valence-corrected chi connectivity index (χ3v) is 4.40. The molecule has 0 fully saturated rings. The molecular weight excluding hydrogens is 280 g/mol. The van der Waals surface area contributed by atoms with Gasteiger partial charge >= 0.3 is 0 Å². The molecule has 124 valence electrons.